The monoisotopic (exact) mass is 393 g/mol. The average Bonchev–Trinajstić information content (AvgIpc) is 3.24. The molecule has 0 atom stereocenters. The van der Waals surface area contributed by atoms with Crippen molar-refractivity contribution >= 4 is 22.6 Å². The van der Waals surface area contributed by atoms with Crippen LogP contribution >= 0.6 is 11.3 Å². The van der Waals surface area contributed by atoms with Crippen LogP contribution in [0.25, 0.3) is 16.8 Å². The molecule has 0 spiro atoms. The Balaban J connectivity index is 1.84. The number of benzene rings is 2. The molecule has 0 aliphatic heterocycles. The van der Waals surface area contributed by atoms with Crippen LogP contribution < -0.4 is 19.5 Å². The lowest BCUT2D eigenvalue weighted by Crippen LogP contribution is -1.96. The Morgan fingerprint density at radius 3 is 2.39 bits per heavy atom. The number of methoxy groups -OCH3 is 3. The van der Waals surface area contributed by atoms with Crippen molar-refractivity contribution in [2.45, 2.75) is 0 Å². The predicted molar refractivity (Wildman–Crippen MR) is 111 cm³/mol. The zero-order chi connectivity index (χ0) is 19.9. The Hall–Kier alpha value is -3.50. The molecular formula is C21H19N3O3S. The van der Waals surface area contributed by atoms with Crippen molar-refractivity contribution in [3.8, 4) is 34.6 Å². The van der Waals surface area contributed by atoms with Gasteiger partial charge in [-0.15, -0.1) is 11.3 Å². The molecule has 0 saturated carbocycles. The van der Waals surface area contributed by atoms with Gasteiger partial charge in [-0.25, -0.2) is 4.98 Å². The fourth-order valence-corrected chi connectivity index (χ4v) is 3.31. The van der Waals surface area contributed by atoms with Crippen LogP contribution in [0.3, 0.4) is 0 Å². The van der Waals surface area contributed by atoms with Gasteiger partial charge in [0.15, 0.2) is 0 Å². The summed E-state index contributed by atoms with van der Waals surface area (Å²) < 4.78 is 15.8. The molecule has 0 unspecified atom stereocenters. The van der Waals surface area contributed by atoms with Crippen molar-refractivity contribution in [3.63, 3.8) is 0 Å². The van der Waals surface area contributed by atoms with Crippen molar-refractivity contribution in [2.24, 2.45) is 0 Å². The summed E-state index contributed by atoms with van der Waals surface area (Å²) in [5.74, 6) is 2.12. The molecular weight excluding hydrogens is 374 g/mol. The summed E-state index contributed by atoms with van der Waals surface area (Å²) in [5, 5.41) is 15.2. The topological polar surface area (TPSA) is 76.4 Å². The Bertz CT molecular complexity index is 1020. The summed E-state index contributed by atoms with van der Waals surface area (Å²) in [7, 11) is 4.81. The molecule has 7 heteroatoms. The van der Waals surface area contributed by atoms with E-state index in [2.05, 4.69) is 16.4 Å². The van der Waals surface area contributed by atoms with Gasteiger partial charge < -0.3 is 19.5 Å². The van der Waals surface area contributed by atoms with Gasteiger partial charge in [-0.2, -0.15) is 5.26 Å². The smallest absolute Gasteiger partial charge is 0.142 e. The molecule has 0 saturated heterocycles. The highest BCUT2D eigenvalue weighted by atomic mass is 32.1. The highest BCUT2D eigenvalue weighted by Gasteiger charge is 2.10. The van der Waals surface area contributed by atoms with Crippen LogP contribution in [0.2, 0.25) is 0 Å². The minimum atomic E-state index is 0.426. The van der Waals surface area contributed by atoms with Crippen LogP contribution in [0, 0.1) is 11.3 Å². The van der Waals surface area contributed by atoms with Gasteiger partial charge in [-0.1, -0.05) is 0 Å². The molecule has 0 aliphatic carbocycles. The number of hydrogen-bond acceptors (Lipinski definition) is 7. The molecule has 1 N–H and O–H groups in total. The number of rotatable bonds is 7. The van der Waals surface area contributed by atoms with E-state index in [1.165, 1.54) is 11.3 Å². The SMILES string of the molecule is COc1ccc(-c2csc(/C(C#N)=C\Nc3cc(OC)ccc3OC)n2)cc1. The van der Waals surface area contributed by atoms with Gasteiger partial charge in [0.05, 0.1) is 32.7 Å². The van der Waals surface area contributed by atoms with Crippen molar-refractivity contribution in [1.82, 2.24) is 4.98 Å². The number of anilines is 1. The summed E-state index contributed by atoms with van der Waals surface area (Å²) in [4.78, 5) is 4.59. The molecule has 0 radical (unpaired) electrons. The molecule has 142 valence electrons. The van der Waals surface area contributed by atoms with Gasteiger partial charge in [-0.05, 0) is 36.4 Å². The van der Waals surface area contributed by atoms with E-state index in [1.54, 1.807) is 45.7 Å². The number of allylic oxidation sites excluding steroid dienone is 1. The lowest BCUT2D eigenvalue weighted by atomic mass is 10.2. The number of nitrogens with one attached hydrogen (secondary N) is 1. The molecule has 0 aliphatic rings. The Kier molecular flexibility index (Phi) is 6.14. The second-order valence-electron chi connectivity index (χ2n) is 5.65. The molecule has 1 aromatic heterocycles. The lowest BCUT2D eigenvalue weighted by molar-refractivity contribution is 0.405. The van der Waals surface area contributed by atoms with E-state index in [0.29, 0.717) is 27.8 Å². The second kappa shape index (κ2) is 8.93. The number of thiazole rings is 1. The molecule has 0 amide bonds. The maximum Gasteiger partial charge on any atom is 0.142 e. The van der Waals surface area contributed by atoms with Crippen molar-refractivity contribution in [1.29, 1.82) is 5.26 Å². The molecule has 3 rings (SSSR count). The van der Waals surface area contributed by atoms with Crippen molar-refractivity contribution in [2.75, 3.05) is 26.6 Å². The van der Waals surface area contributed by atoms with E-state index in [0.717, 1.165) is 17.0 Å². The number of ether oxygens (including phenoxy) is 3. The third-order valence-electron chi connectivity index (χ3n) is 4.02. The zero-order valence-electron chi connectivity index (χ0n) is 15.7. The molecule has 1 heterocycles. The minimum Gasteiger partial charge on any atom is -0.497 e. The van der Waals surface area contributed by atoms with Gasteiger partial charge in [0, 0.05) is 23.2 Å². The summed E-state index contributed by atoms with van der Waals surface area (Å²) in [6.07, 6.45) is 1.62. The Labute approximate surface area is 167 Å². The molecule has 6 nitrogen and oxygen atoms in total. The standard InChI is InChI=1S/C21H19N3O3S/c1-25-16-6-4-14(5-7-16)19-13-28-21(24-19)15(11-22)12-23-18-10-17(26-2)8-9-20(18)27-3/h4-10,12-13,23H,1-3H3/b15-12-. The molecule has 0 bridgehead atoms. The fraction of sp³-hybridized carbons (Fsp3) is 0.143. The normalized spacial score (nSPS) is 10.9. The zero-order valence-corrected chi connectivity index (χ0v) is 16.5. The Morgan fingerprint density at radius 1 is 1.04 bits per heavy atom. The largest absolute Gasteiger partial charge is 0.497 e. The first-order chi connectivity index (χ1) is 13.7. The Morgan fingerprint density at radius 2 is 1.75 bits per heavy atom. The minimum absolute atomic E-state index is 0.426. The van der Waals surface area contributed by atoms with Crippen LogP contribution in [0.4, 0.5) is 5.69 Å². The van der Waals surface area contributed by atoms with Crippen LogP contribution in [0.1, 0.15) is 5.01 Å². The van der Waals surface area contributed by atoms with E-state index in [4.69, 9.17) is 14.2 Å². The van der Waals surface area contributed by atoms with E-state index in [1.807, 2.05) is 29.6 Å². The van der Waals surface area contributed by atoms with E-state index in [9.17, 15) is 5.26 Å². The molecule has 28 heavy (non-hydrogen) atoms. The molecule has 2 aromatic carbocycles. The van der Waals surface area contributed by atoms with E-state index >= 15 is 0 Å². The number of nitrogens with zero attached hydrogens (tertiary/aromatic N) is 2. The summed E-state index contributed by atoms with van der Waals surface area (Å²) in [6.45, 7) is 0. The molecule has 0 fully saturated rings. The maximum absolute atomic E-state index is 9.57. The summed E-state index contributed by atoms with van der Waals surface area (Å²) in [5.41, 5.74) is 2.89. The van der Waals surface area contributed by atoms with Gasteiger partial charge in [0.25, 0.3) is 0 Å². The highest BCUT2D eigenvalue weighted by Crippen LogP contribution is 2.31. The highest BCUT2D eigenvalue weighted by molar-refractivity contribution is 7.11. The van der Waals surface area contributed by atoms with Crippen LogP contribution in [-0.4, -0.2) is 26.3 Å². The second-order valence-corrected chi connectivity index (χ2v) is 6.50. The van der Waals surface area contributed by atoms with Crippen LogP contribution in [0.15, 0.2) is 54.0 Å². The van der Waals surface area contributed by atoms with Crippen molar-refractivity contribution in [3.05, 3.63) is 59.1 Å². The van der Waals surface area contributed by atoms with Gasteiger partial charge in [-0.3, -0.25) is 0 Å². The third kappa shape index (κ3) is 4.24. The fourth-order valence-electron chi connectivity index (χ4n) is 2.51. The maximum atomic E-state index is 9.57. The van der Waals surface area contributed by atoms with E-state index < -0.39 is 0 Å². The quantitative estimate of drug-likeness (QED) is 0.581. The molecule has 3 aromatic rings. The summed E-state index contributed by atoms with van der Waals surface area (Å²) >= 11 is 1.41. The first-order valence-electron chi connectivity index (χ1n) is 8.37. The third-order valence-corrected chi connectivity index (χ3v) is 4.90. The van der Waals surface area contributed by atoms with Crippen LogP contribution in [0.5, 0.6) is 17.2 Å². The van der Waals surface area contributed by atoms with Gasteiger partial charge in [0.1, 0.15) is 33.9 Å². The predicted octanol–water partition coefficient (Wildman–Crippen LogP) is 4.81. The lowest BCUT2D eigenvalue weighted by Gasteiger charge is -2.10. The van der Waals surface area contributed by atoms with E-state index in [-0.39, 0.29) is 0 Å². The number of hydrogen-bond donors (Lipinski definition) is 1. The summed E-state index contributed by atoms with van der Waals surface area (Å²) in [6, 6.07) is 15.2. The number of nitriles is 1. The number of aromatic nitrogens is 1. The van der Waals surface area contributed by atoms with Gasteiger partial charge in [0.2, 0.25) is 0 Å². The van der Waals surface area contributed by atoms with Crippen molar-refractivity contribution < 1.29 is 14.2 Å². The average molecular weight is 393 g/mol. The first kappa shape index (κ1) is 19.3. The van der Waals surface area contributed by atoms with Crippen LogP contribution in [-0.2, 0) is 0 Å². The van der Waals surface area contributed by atoms with Gasteiger partial charge >= 0.3 is 0 Å². The first-order valence-corrected chi connectivity index (χ1v) is 9.25.